The molecule has 1 aromatic heterocycles. The minimum atomic E-state index is -0.764. The molecular weight excluding hydrogens is 288 g/mol. The zero-order chi connectivity index (χ0) is 15.1. The molecule has 1 atom stereocenters. The normalized spacial score (nSPS) is 12.5. The third-order valence-corrected chi connectivity index (χ3v) is 4.27. The topological polar surface area (TPSA) is 12.0 Å². The Labute approximate surface area is 129 Å². The highest BCUT2D eigenvalue weighted by molar-refractivity contribution is 7.07. The van der Waals surface area contributed by atoms with Crippen molar-refractivity contribution in [3.05, 3.63) is 57.8 Å². The lowest BCUT2D eigenvalue weighted by molar-refractivity contribution is 0.454. The van der Waals surface area contributed by atoms with Crippen LogP contribution in [0.25, 0.3) is 0 Å². The molecule has 1 unspecified atom stereocenters. The van der Waals surface area contributed by atoms with E-state index in [1.165, 1.54) is 11.6 Å². The van der Waals surface area contributed by atoms with Crippen LogP contribution >= 0.6 is 11.3 Å². The molecule has 0 saturated heterocycles. The van der Waals surface area contributed by atoms with Crippen molar-refractivity contribution in [1.29, 1.82) is 0 Å². The van der Waals surface area contributed by atoms with E-state index in [4.69, 9.17) is 0 Å². The summed E-state index contributed by atoms with van der Waals surface area (Å²) in [4.78, 5) is 0. The lowest BCUT2D eigenvalue weighted by Gasteiger charge is -2.19. The van der Waals surface area contributed by atoms with Crippen molar-refractivity contribution in [2.75, 3.05) is 6.54 Å². The molecule has 0 spiro atoms. The number of aryl methyl sites for hydroxylation is 1. The van der Waals surface area contributed by atoms with E-state index < -0.39 is 11.6 Å². The van der Waals surface area contributed by atoms with Crippen molar-refractivity contribution in [3.63, 3.8) is 0 Å². The Balaban J connectivity index is 1.99. The van der Waals surface area contributed by atoms with Crippen LogP contribution in [0.15, 0.2) is 35.0 Å². The molecule has 0 fully saturated rings. The van der Waals surface area contributed by atoms with E-state index in [1.807, 2.05) is 0 Å². The minimum Gasteiger partial charge on any atom is -0.314 e. The summed E-state index contributed by atoms with van der Waals surface area (Å²) < 4.78 is 27.1. The van der Waals surface area contributed by atoms with Gasteiger partial charge < -0.3 is 5.32 Å². The highest BCUT2D eigenvalue weighted by atomic mass is 32.1. The molecule has 4 heteroatoms. The average Bonchev–Trinajstić information content (AvgIpc) is 2.99. The first kappa shape index (κ1) is 16.1. The van der Waals surface area contributed by atoms with Crippen LogP contribution in [0.1, 0.15) is 30.9 Å². The van der Waals surface area contributed by atoms with Gasteiger partial charge in [0.15, 0.2) is 11.6 Å². The molecule has 0 aliphatic rings. The summed E-state index contributed by atoms with van der Waals surface area (Å²) in [6.07, 6.45) is 3.43. The third kappa shape index (κ3) is 4.90. The smallest absolute Gasteiger partial charge is 0.162 e. The zero-order valence-electron chi connectivity index (χ0n) is 12.2. The number of halogens is 2. The number of rotatable bonds is 8. The van der Waals surface area contributed by atoms with E-state index >= 15 is 0 Å². The second-order valence-corrected chi connectivity index (χ2v) is 6.02. The van der Waals surface area contributed by atoms with E-state index in [2.05, 4.69) is 29.1 Å². The van der Waals surface area contributed by atoms with Gasteiger partial charge in [-0.1, -0.05) is 19.1 Å². The van der Waals surface area contributed by atoms with Crippen LogP contribution in [-0.4, -0.2) is 12.6 Å². The SMILES string of the molecule is CCCNC(CCc1ccsc1)Cc1cccc(F)c1F. The fraction of sp³-hybridized carbons (Fsp3) is 0.412. The highest BCUT2D eigenvalue weighted by Gasteiger charge is 2.14. The van der Waals surface area contributed by atoms with Gasteiger partial charge in [0, 0.05) is 6.04 Å². The van der Waals surface area contributed by atoms with Gasteiger partial charge in [-0.3, -0.25) is 0 Å². The fourth-order valence-corrected chi connectivity index (χ4v) is 3.08. The Morgan fingerprint density at radius 1 is 1.24 bits per heavy atom. The first-order valence-corrected chi connectivity index (χ1v) is 8.32. The second-order valence-electron chi connectivity index (χ2n) is 5.24. The van der Waals surface area contributed by atoms with Crippen LogP contribution in [0.2, 0.25) is 0 Å². The summed E-state index contributed by atoms with van der Waals surface area (Å²) in [5.41, 5.74) is 1.76. The maximum Gasteiger partial charge on any atom is 0.162 e. The summed E-state index contributed by atoms with van der Waals surface area (Å²) in [6, 6.07) is 6.69. The van der Waals surface area contributed by atoms with Crippen LogP contribution in [0.5, 0.6) is 0 Å². The van der Waals surface area contributed by atoms with E-state index in [0.29, 0.717) is 12.0 Å². The van der Waals surface area contributed by atoms with E-state index in [-0.39, 0.29) is 6.04 Å². The molecule has 0 bridgehead atoms. The van der Waals surface area contributed by atoms with Crippen LogP contribution in [0, 0.1) is 11.6 Å². The predicted molar refractivity (Wildman–Crippen MR) is 84.8 cm³/mol. The van der Waals surface area contributed by atoms with Gasteiger partial charge in [0.2, 0.25) is 0 Å². The van der Waals surface area contributed by atoms with Crippen LogP contribution in [-0.2, 0) is 12.8 Å². The Hall–Kier alpha value is -1.26. The van der Waals surface area contributed by atoms with Crippen molar-refractivity contribution >= 4 is 11.3 Å². The standard InChI is InChI=1S/C17H21F2NS/c1-2-9-20-15(7-6-13-8-10-21-12-13)11-14-4-3-5-16(18)17(14)19/h3-5,8,10,12,15,20H,2,6-7,9,11H2,1H3. The predicted octanol–water partition coefficient (Wildman–Crippen LogP) is 4.57. The average molecular weight is 309 g/mol. The molecule has 1 aromatic carbocycles. The molecular formula is C17H21F2NS. The van der Waals surface area contributed by atoms with Crippen LogP contribution < -0.4 is 5.32 Å². The van der Waals surface area contributed by atoms with Gasteiger partial charge in [-0.15, -0.1) is 0 Å². The van der Waals surface area contributed by atoms with Crippen LogP contribution in [0.3, 0.4) is 0 Å². The third-order valence-electron chi connectivity index (χ3n) is 3.54. The van der Waals surface area contributed by atoms with Gasteiger partial charge in [-0.2, -0.15) is 11.3 Å². The first-order valence-electron chi connectivity index (χ1n) is 7.38. The molecule has 0 saturated carbocycles. The fourth-order valence-electron chi connectivity index (χ4n) is 2.37. The first-order chi connectivity index (χ1) is 10.2. The summed E-state index contributed by atoms with van der Waals surface area (Å²) in [6.45, 7) is 3.00. The largest absolute Gasteiger partial charge is 0.314 e. The molecule has 0 aliphatic heterocycles. The number of hydrogen-bond donors (Lipinski definition) is 1. The van der Waals surface area contributed by atoms with Gasteiger partial charge in [-0.25, -0.2) is 8.78 Å². The minimum absolute atomic E-state index is 0.168. The van der Waals surface area contributed by atoms with Crippen molar-refractivity contribution in [2.45, 2.75) is 38.6 Å². The van der Waals surface area contributed by atoms with Gasteiger partial charge in [0.1, 0.15) is 0 Å². The quantitative estimate of drug-likeness (QED) is 0.753. The van der Waals surface area contributed by atoms with Crippen molar-refractivity contribution < 1.29 is 8.78 Å². The van der Waals surface area contributed by atoms with Crippen molar-refractivity contribution in [2.24, 2.45) is 0 Å². The number of benzene rings is 1. The monoisotopic (exact) mass is 309 g/mol. The van der Waals surface area contributed by atoms with E-state index in [9.17, 15) is 8.78 Å². The lowest BCUT2D eigenvalue weighted by atomic mass is 9.99. The Morgan fingerprint density at radius 3 is 2.81 bits per heavy atom. The molecule has 114 valence electrons. The molecule has 1 nitrogen and oxygen atoms in total. The summed E-state index contributed by atoms with van der Waals surface area (Å²) in [7, 11) is 0. The maximum atomic E-state index is 13.8. The Kier molecular flexibility index (Phi) is 6.33. The van der Waals surface area contributed by atoms with E-state index in [0.717, 1.165) is 25.8 Å². The molecule has 1 N–H and O–H groups in total. The maximum absolute atomic E-state index is 13.8. The molecule has 2 aromatic rings. The van der Waals surface area contributed by atoms with Crippen molar-refractivity contribution in [1.82, 2.24) is 5.32 Å². The van der Waals surface area contributed by atoms with E-state index in [1.54, 1.807) is 23.5 Å². The molecule has 0 radical (unpaired) electrons. The summed E-state index contributed by atoms with van der Waals surface area (Å²) in [5, 5.41) is 7.65. The summed E-state index contributed by atoms with van der Waals surface area (Å²) >= 11 is 1.69. The van der Waals surface area contributed by atoms with Gasteiger partial charge >= 0.3 is 0 Å². The molecule has 0 amide bonds. The van der Waals surface area contributed by atoms with Gasteiger partial charge in [-0.05, 0) is 66.2 Å². The Morgan fingerprint density at radius 2 is 2.10 bits per heavy atom. The number of nitrogens with one attached hydrogen (secondary N) is 1. The molecule has 21 heavy (non-hydrogen) atoms. The molecule has 2 rings (SSSR count). The number of hydrogen-bond acceptors (Lipinski definition) is 2. The lowest BCUT2D eigenvalue weighted by Crippen LogP contribution is -2.32. The second kappa shape index (κ2) is 8.25. The summed E-state index contributed by atoms with van der Waals surface area (Å²) in [5.74, 6) is -1.48. The zero-order valence-corrected chi connectivity index (χ0v) is 13.1. The molecule has 1 heterocycles. The van der Waals surface area contributed by atoms with Crippen molar-refractivity contribution in [3.8, 4) is 0 Å². The van der Waals surface area contributed by atoms with Gasteiger partial charge in [0.25, 0.3) is 0 Å². The highest BCUT2D eigenvalue weighted by Crippen LogP contribution is 2.16. The van der Waals surface area contributed by atoms with Gasteiger partial charge in [0.05, 0.1) is 0 Å². The molecule has 0 aliphatic carbocycles. The number of thiophene rings is 1. The van der Waals surface area contributed by atoms with Crippen LogP contribution in [0.4, 0.5) is 8.78 Å². The Bertz CT molecular complexity index is 540.